The van der Waals surface area contributed by atoms with Crippen molar-refractivity contribution < 1.29 is 4.79 Å². The minimum Gasteiger partial charge on any atom is -0.397 e. The van der Waals surface area contributed by atoms with Gasteiger partial charge < -0.3 is 11.1 Å². The number of rotatable bonds is 5. The van der Waals surface area contributed by atoms with E-state index in [1.54, 1.807) is 0 Å². The molecule has 0 spiro atoms. The molecule has 2 saturated carbocycles. The lowest BCUT2D eigenvalue weighted by Crippen LogP contribution is -2.25. The summed E-state index contributed by atoms with van der Waals surface area (Å²) >= 11 is 1.37. The Hall–Kier alpha value is -2.40. The topological polar surface area (TPSA) is 68.0 Å². The van der Waals surface area contributed by atoms with E-state index in [1.165, 1.54) is 54.6 Å². The van der Waals surface area contributed by atoms with E-state index in [0.717, 1.165) is 40.1 Å². The highest BCUT2D eigenvalue weighted by Gasteiger charge is 2.34. The fraction of sp³-hybridized carbons (Fsp3) is 0.440. The second kappa shape index (κ2) is 8.03. The zero-order chi connectivity index (χ0) is 20.7. The van der Waals surface area contributed by atoms with E-state index >= 15 is 0 Å². The molecule has 2 aliphatic carbocycles. The van der Waals surface area contributed by atoms with Crippen LogP contribution in [0.3, 0.4) is 0 Å². The van der Waals surface area contributed by atoms with Gasteiger partial charge in [-0.1, -0.05) is 37.1 Å². The third kappa shape index (κ3) is 3.83. The zero-order valence-corrected chi connectivity index (χ0v) is 18.3. The van der Waals surface area contributed by atoms with Gasteiger partial charge in [0.05, 0.1) is 5.69 Å². The smallest absolute Gasteiger partial charge is 0.263 e. The minimum atomic E-state index is -0.109. The van der Waals surface area contributed by atoms with E-state index in [0.29, 0.717) is 17.1 Å². The van der Waals surface area contributed by atoms with Crippen LogP contribution in [0.2, 0.25) is 0 Å². The van der Waals surface area contributed by atoms with Crippen LogP contribution in [0.1, 0.15) is 64.5 Å². The number of pyridine rings is 1. The van der Waals surface area contributed by atoms with Gasteiger partial charge in [-0.3, -0.25) is 4.79 Å². The maximum Gasteiger partial charge on any atom is 0.263 e. The standard InChI is InChI=1S/C25H29N3OS/c1-15-2-9-21-22(26)23(30-25(21)28-15)24(29)27-11-10-16-5-7-19(8-6-16)20-13-17-3-4-18(12-17)14-20/h2,5-9,17-18,20H,3-4,10-14,26H2,1H3,(H,27,29)/t17-,18+,20?. The van der Waals surface area contributed by atoms with Crippen molar-refractivity contribution in [1.29, 1.82) is 0 Å². The van der Waals surface area contributed by atoms with Gasteiger partial charge in [0.2, 0.25) is 0 Å². The second-order valence-corrected chi connectivity index (χ2v) is 10.1. The summed E-state index contributed by atoms with van der Waals surface area (Å²) in [6, 6.07) is 13.0. The average molecular weight is 420 g/mol. The Kier molecular flexibility index (Phi) is 5.23. The quantitative estimate of drug-likeness (QED) is 0.577. The first kappa shape index (κ1) is 19.6. The number of amides is 1. The Balaban J connectivity index is 1.18. The molecule has 2 heterocycles. The number of hydrogen-bond acceptors (Lipinski definition) is 4. The molecule has 5 heteroatoms. The number of fused-ring (bicyclic) bond motifs is 3. The second-order valence-electron chi connectivity index (χ2n) is 9.11. The number of nitrogens with zero attached hydrogens (tertiary/aromatic N) is 1. The molecule has 3 aromatic rings. The van der Waals surface area contributed by atoms with E-state index in [1.807, 2.05) is 19.1 Å². The predicted octanol–water partition coefficient (Wildman–Crippen LogP) is 5.45. The number of carbonyl (C=O) groups excluding carboxylic acids is 1. The Morgan fingerprint density at radius 3 is 2.57 bits per heavy atom. The molecule has 2 fully saturated rings. The van der Waals surface area contributed by atoms with Crippen LogP contribution in [-0.4, -0.2) is 17.4 Å². The monoisotopic (exact) mass is 419 g/mol. The molecular formula is C25H29N3OS. The number of thiophene rings is 1. The summed E-state index contributed by atoms with van der Waals surface area (Å²) in [5.41, 5.74) is 10.4. The molecule has 1 amide bonds. The normalized spacial score (nSPS) is 23.0. The molecule has 0 saturated heterocycles. The number of anilines is 1. The molecule has 5 rings (SSSR count). The van der Waals surface area contributed by atoms with E-state index in [4.69, 9.17) is 5.73 Å². The summed E-state index contributed by atoms with van der Waals surface area (Å²) in [5, 5.41) is 3.89. The van der Waals surface area contributed by atoms with Gasteiger partial charge in [0.25, 0.3) is 5.91 Å². The number of hydrogen-bond donors (Lipinski definition) is 2. The minimum absolute atomic E-state index is 0.109. The van der Waals surface area contributed by atoms with E-state index in [2.05, 4.69) is 34.6 Å². The van der Waals surface area contributed by atoms with Gasteiger partial charge in [0.1, 0.15) is 9.71 Å². The third-order valence-electron chi connectivity index (χ3n) is 6.98. The van der Waals surface area contributed by atoms with Gasteiger partial charge in [-0.15, -0.1) is 11.3 Å². The zero-order valence-electron chi connectivity index (χ0n) is 17.5. The van der Waals surface area contributed by atoms with Crippen LogP contribution in [0.4, 0.5) is 5.69 Å². The van der Waals surface area contributed by atoms with E-state index < -0.39 is 0 Å². The SMILES string of the molecule is Cc1ccc2c(N)c(C(=O)NCCc3ccc(C4C[C@H]5CC[C@@H](C4)C5)cc3)sc2n1. The molecule has 0 aliphatic heterocycles. The van der Waals surface area contributed by atoms with Gasteiger partial charge in [-0.25, -0.2) is 4.98 Å². The molecular weight excluding hydrogens is 390 g/mol. The first-order chi connectivity index (χ1) is 14.6. The highest BCUT2D eigenvalue weighted by atomic mass is 32.1. The fourth-order valence-electron chi connectivity index (χ4n) is 5.40. The summed E-state index contributed by atoms with van der Waals surface area (Å²) < 4.78 is 0. The predicted molar refractivity (Wildman–Crippen MR) is 124 cm³/mol. The maximum absolute atomic E-state index is 12.6. The van der Waals surface area contributed by atoms with Crippen LogP contribution >= 0.6 is 11.3 Å². The first-order valence-electron chi connectivity index (χ1n) is 11.1. The summed E-state index contributed by atoms with van der Waals surface area (Å²) in [6.45, 7) is 2.55. The molecule has 2 aliphatic rings. The van der Waals surface area contributed by atoms with Crippen molar-refractivity contribution in [3.8, 4) is 0 Å². The van der Waals surface area contributed by atoms with Crippen LogP contribution in [0.15, 0.2) is 36.4 Å². The van der Waals surface area contributed by atoms with E-state index in [9.17, 15) is 4.79 Å². The Morgan fingerprint density at radius 2 is 1.83 bits per heavy atom. The fourth-order valence-corrected chi connectivity index (χ4v) is 6.45. The molecule has 1 unspecified atom stereocenters. The molecule has 2 bridgehead atoms. The van der Waals surface area contributed by atoms with Crippen LogP contribution in [-0.2, 0) is 6.42 Å². The van der Waals surface area contributed by atoms with Crippen molar-refractivity contribution in [2.75, 3.05) is 12.3 Å². The molecule has 3 N–H and O–H groups in total. The van der Waals surface area contributed by atoms with Gasteiger partial charge in [-0.2, -0.15) is 0 Å². The summed E-state index contributed by atoms with van der Waals surface area (Å²) in [4.78, 5) is 18.5. The lowest BCUT2D eigenvalue weighted by Gasteiger charge is -2.28. The van der Waals surface area contributed by atoms with Crippen LogP contribution in [0.25, 0.3) is 10.2 Å². The van der Waals surface area contributed by atoms with Crippen molar-refractivity contribution in [1.82, 2.24) is 10.3 Å². The Labute approximate surface area is 181 Å². The van der Waals surface area contributed by atoms with Crippen molar-refractivity contribution in [2.24, 2.45) is 11.8 Å². The highest BCUT2D eigenvalue weighted by molar-refractivity contribution is 7.21. The average Bonchev–Trinajstić information content (AvgIpc) is 3.26. The number of carbonyl (C=O) groups is 1. The third-order valence-corrected chi connectivity index (χ3v) is 8.09. The summed E-state index contributed by atoms with van der Waals surface area (Å²) in [7, 11) is 0. The molecule has 1 aromatic carbocycles. The first-order valence-corrected chi connectivity index (χ1v) is 11.9. The lowest BCUT2D eigenvalue weighted by molar-refractivity contribution is 0.0959. The molecule has 3 atom stereocenters. The van der Waals surface area contributed by atoms with Crippen LogP contribution in [0.5, 0.6) is 0 Å². The van der Waals surface area contributed by atoms with Crippen molar-refractivity contribution >= 4 is 33.1 Å². The molecule has 156 valence electrons. The summed E-state index contributed by atoms with van der Waals surface area (Å²) in [6.07, 6.45) is 7.92. The highest BCUT2D eigenvalue weighted by Crippen LogP contribution is 2.48. The van der Waals surface area contributed by atoms with E-state index in [-0.39, 0.29) is 5.91 Å². The maximum atomic E-state index is 12.6. The number of aromatic nitrogens is 1. The van der Waals surface area contributed by atoms with Gasteiger partial charge in [0, 0.05) is 17.6 Å². The van der Waals surface area contributed by atoms with Crippen molar-refractivity contribution in [3.05, 3.63) is 58.1 Å². The molecule has 4 nitrogen and oxygen atoms in total. The van der Waals surface area contributed by atoms with Crippen LogP contribution < -0.4 is 11.1 Å². The lowest BCUT2D eigenvalue weighted by atomic mass is 9.77. The number of benzene rings is 1. The van der Waals surface area contributed by atoms with Crippen molar-refractivity contribution in [3.63, 3.8) is 0 Å². The Bertz CT molecular complexity index is 1060. The number of nitrogens with two attached hydrogens (primary N) is 1. The number of aryl methyl sites for hydroxylation is 1. The van der Waals surface area contributed by atoms with Crippen molar-refractivity contribution in [2.45, 2.75) is 51.4 Å². The Morgan fingerprint density at radius 1 is 1.10 bits per heavy atom. The largest absolute Gasteiger partial charge is 0.397 e. The van der Waals surface area contributed by atoms with Crippen LogP contribution in [0, 0.1) is 18.8 Å². The molecule has 0 radical (unpaired) electrons. The number of nitrogen functional groups attached to an aromatic ring is 1. The van der Waals surface area contributed by atoms with Gasteiger partial charge in [0.15, 0.2) is 0 Å². The molecule has 30 heavy (non-hydrogen) atoms. The molecule has 2 aromatic heterocycles. The number of nitrogens with one attached hydrogen (secondary N) is 1. The van der Waals surface area contributed by atoms with Gasteiger partial charge in [-0.05, 0) is 73.6 Å². The summed E-state index contributed by atoms with van der Waals surface area (Å²) in [5.74, 6) is 2.56. The van der Waals surface area contributed by atoms with Gasteiger partial charge >= 0.3 is 0 Å².